The molecule has 2 aromatic rings. The van der Waals surface area contributed by atoms with Gasteiger partial charge in [-0.05, 0) is 26.3 Å². The lowest BCUT2D eigenvalue weighted by Crippen LogP contribution is -2.24. The van der Waals surface area contributed by atoms with Crippen molar-refractivity contribution in [3.05, 3.63) is 41.2 Å². The van der Waals surface area contributed by atoms with E-state index in [1.54, 1.807) is 19.2 Å². The minimum absolute atomic E-state index is 0.193. The first kappa shape index (κ1) is 14.2. The van der Waals surface area contributed by atoms with Crippen molar-refractivity contribution in [2.75, 3.05) is 0 Å². The Hall–Kier alpha value is -2.24. The molecule has 0 aliphatic heterocycles. The molecule has 0 saturated heterocycles. The quantitative estimate of drug-likeness (QED) is 0.898. The smallest absolute Gasteiger partial charge is 0.270 e. The predicted octanol–water partition coefficient (Wildman–Crippen LogP) is 1.63. The first-order valence-corrected chi connectivity index (χ1v) is 6.70. The van der Waals surface area contributed by atoms with E-state index < -0.39 is 0 Å². The van der Waals surface area contributed by atoms with E-state index in [0.717, 1.165) is 24.2 Å². The molecular weight excluding hydrogens is 254 g/mol. The third-order valence-corrected chi connectivity index (χ3v) is 2.79. The van der Waals surface area contributed by atoms with E-state index in [2.05, 4.69) is 27.3 Å². The van der Waals surface area contributed by atoms with Gasteiger partial charge in [-0.2, -0.15) is 5.10 Å². The van der Waals surface area contributed by atoms with Gasteiger partial charge < -0.3 is 5.32 Å². The Bertz CT molecular complexity index is 585. The number of nitrogens with zero attached hydrogens (tertiary/aromatic N) is 4. The largest absolute Gasteiger partial charge is 0.347 e. The highest BCUT2D eigenvalue weighted by Gasteiger charge is 2.09. The van der Waals surface area contributed by atoms with Crippen LogP contribution < -0.4 is 5.32 Å². The molecule has 6 heteroatoms. The molecule has 1 N–H and O–H groups in total. The summed E-state index contributed by atoms with van der Waals surface area (Å²) in [5.41, 5.74) is 2.17. The Morgan fingerprint density at radius 1 is 1.35 bits per heavy atom. The topological polar surface area (TPSA) is 72.7 Å². The van der Waals surface area contributed by atoms with Gasteiger partial charge >= 0.3 is 0 Å². The van der Waals surface area contributed by atoms with Crippen molar-refractivity contribution in [1.29, 1.82) is 0 Å². The maximum atomic E-state index is 12.0. The number of nitrogens with one attached hydrogen (secondary N) is 1. The molecule has 2 aromatic heterocycles. The third-order valence-electron chi connectivity index (χ3n) is 2.79. The summed E-state index contributed by atoms with van der Waals surface area (Å²) in [4.78, 5) is 20.3. The summed E-state index contributed by atoms with van der Waals surface area (Å²) in [6.07, 6.45) is 4.75. The van der Waals surface area contributed by atoms with Crippen molar-refractivity contribution in [3.63, 3.8) is 0 Å². The molecule has 20 heavy (non-hydrogen) atoms. The summed E-state index contributed by atoms with van der Waals surface area (Å²) in [7, 11) is 0. The fourth-order valence-corrected chi connectivity index (χ4v) is 1.96. The second kappa shape index (κ2) is 6.27. The van der Waals surface area contributed by atoms with Crippen LogP contribution in [0.3, 0.4) is 0 Å². The molecule has 0 spiro atoms. The summed E-state index contributed by atoms with van der Waals surface area (Å²) < 4.78 is 1.88. The molecule has 6 nitrogen and oxygen atoms in total. The molecule has 0 aromatic carbocycles. The van der Waals surface area contributed by atoms with Gasteiger partial charge in [0, 0.05) is 30.5 Å². The number of aryl methyl sites for hydroxylation is 3. The first-order valence-electron chi connectivity index (χ1n) is 6.70. The summed E-state index contributed by atoms with van der Waals surface area (Å²) >= 11 is 0. The molecule has 0 atom stereocenters. The highest BCUT2D eigenvalue weighted by Crippen LogP contribution is 2.02. The van der Waals surface area contributed by atoms with Gasteiger partial charge in [-0.1, -0.05) is 6.92 Å². The van der Waals surface area contributed by atoms with Crippen LogP contribution in [0.15, 0.2) is 18.5 Å². The van der Waals surface area contributed by atoms with Crippen LogP contribution in [-0.2, 0) is 13.1 Å². The zero-order valence-corrected chi connectivity index (χ0v) is 12.1. The number of aromatic nitrogens is 4. The highest BCUT2D eigenvalue weighted by atomic mass is 16.1. The van der Waals surface area contributed by atoms with Crippen molar-refractivity contribution >= 4 is 5.91 Å². The minimum Gasteiger partial charge on any atom is -0.347 e. The second-order valence-electron chi connectivity index (χ2n) is 4.74. The molecule has 0 saturated carbocycles. The summed E-state index contributed by atoms with van der Waals surface area (Å²) in [6.45, 7) is 7.06. The Kier molecular flexibility index (Phi) is 4.45. The van der Waals surface area contributed by atoms with Crippen LogP contribution in [0, 0.1) is 13.8 Å². The number of amides is 1. The normalized spacial score (nSPS) is 10.6. The number of carbonyl (C=O) groups is 1. The molecule has 0 aliphatic rings. The van der Waals surface area contributed by atoms with Crippen LogP contribution in [0.4, 0.5) is 0 Å². The number of hydrogen-bond donors (Lipinski definition) is 1. The molecule has 1 amide bonds. The molecule has 0 unspecified atom stereocenters. The molecule has 2 rings (SSSR count). The van der Waals surface area contributed by atoms with E-state index in [1.165, 1.54) is 0 Å². The standard InChI is InChI=1S/C14H19N5O/c1-4-5-19-9-12(8-16-19)7-15-14(20)13-6-10(2)17-11(3)18-13/h6,8-9H,4-5,7H2,1-3H3,(H,15,20). The van der Waals surface area contributed by atoms with Gasteiger partial charge in [0.05, 0.1) is 6.20 Å². The second-order valence-corrected chi connectivity index (χ2v) is 4.74. The average molecular weight is 273 g/mol. The van der Waals surface area contributed by atoms with E-state index in [0.29, 0.717) is 18.1 Å². The zero-order chi connectivity index (χ0) is 14.5. The van der Waals surface area contributed by atoms with Crippen LogP contribution in [0.25, 0.3) is 0 Å². The Balaban J connectivity index is 1.97. The predicted molar refractivity (Wildman–Crippen MR) is 75.2 cm³/mol. The SMILES string of the molecule is CCCn1cc(CNC(=O)c2cc(C)nc(C)n2)cn1. The van der Waals surface area contributed by atoms with Gasteiger partial charge in [0.2, 0.25) is 0 Å². The lowest BCUT2D eigenvalue weighted by Gasteiger charge is -2.04. The van der Waals surface area contributed by atoms with Gasteiger partial charge in [0.1, 0.15) is 11.5 Å². The number of rotatable bonds is 5. The molecule has 0 fully saturated rings. The van der Waals surface area contributed by atoms with Crippen molar-refractivity contribution < 1.29 is 4.79 Å². The van der Waals surface area contributed by atoms with E-state index in [-0.39, 0.29) is 5.91 Å². The first-order chi connectivity index (χ1) is 9.58. The highest BCUT2D eigenvalue weighted by molar-refractivity contribution is 5.92. The van der Waals surface area contributed by atoms with E-state index in [4.69, 9.17) is 0 Å². The molecular formula is C14H19N5O. The third kappa shape index (κ3) is 3.63. The van der Waals surface area contributed by atoms with Crippen LogP contribution in [0.5, 0.6) is 0 Å². The average Bonchev–Trinajstić information content (AvgIpc) is 2.83. The summed E-state index contributed by atoms with van der Waals surface area (Å²) in [6, 6.07) is 1.68. The lowest BCUT2D eigenvalue weighted by molar-refractivity contribution is 0.0945. The van der Waals surface area contributed by atoms with Crippen LogP contribution in [0.1, 0.15) is 40.9 Å². The minimum atomic E-state index is -0.193. The van der Waals surface area contributed by atoms with Crippen molar-refractivity contribution in [1.82, 2.24) is 25.1 Å². The molecule has 0 aliphatic carbocycles. The van der Waals surface area contributed by atoms with Gasteiger partial charge in [-0.15, -0.1) is 0 Å². The zero-order valence-electron chi connectivity index (χ0n) is 12.1. The van der Waals surface area contributed by atoms with Crippen molar-refractivity contribution in [3.8, 4) is 0 Å². The van der Waals surface area contributed by atoms with Gasteiger partial charge in [0.25, 0.3) is 5.91 Å². The van der Waals surface area contributed by atoms with E-state index >= 15 is 0 Å². The van der Waals surface area contributed by atoms with Crippen LogP contribution in [-0.4, -0.2) is 25.7 Å². The maximum absolute atomic E-state index is 12.0. The van der Waals surface area contributed by atoms with Crippen LogP contribution in [0.2, 0.25) is 0 Å². The van der Waals surface area contributed by atoms with E-state index in [1.807, 2.05) is 17.8 Å². The van der Waals surface area contributed by atoms with E-state index in [9.17, 15) is 4.79 Å². The monoisotopic (exact) mass is 273 g/mol. The van der Waals surface area contributed by atoms with Gasteiger partial charge in [0.15, 0.2) is 0 Å². The summed E-state index contributed by atoms with van der Waals surface area (Å²) in [5, 5.41) is 7.07. The lowest BCUT2D eigenvalue weighted by atomic mass is 10.3. The Labute approximate surface area is 118 Å². The molecule has 0 bridgehead atoms. The van der Waals surface area contributed by atoms with Gasteiger partial charge in [-0.3, -0.25) is 9.48 Å². The Morgan fingerprint density at radius 2 is 2.15 bits per heavy atom. The van der Waals surface area contributed by atoms with Gasteiger partial charge in [-0.25, -0.2) is 9.97 Å². The maximum Gasteiger partial charge on any atom is 0.270 e. The Morgan fingerprint density at radius 3 is 2.85 bits per heavy atom. The summed E-state index contributed by atoms with van der Waals surface area (Å²) in [5.74, 6) is 0.410. The number of carbonyl (C=O) groups excluding carboxylic acids is 1. The molecule has 106 valence electrons. The van der Waals surface area contributed by atoms with Crippen molar-refractivity contribution in [2.24, 2.45) is 0 Å². The molecule has 0 radical (unpaired) electrons. The number of hydrogen-bond acceptors (Lipinski definition) is 4. The fraction of sp³-hybridized carbons (Fsp3) is 0.429. The van der Waals surface area contributed by atoms with Crippen molar-refractivity contribution in [2.45, 2.75) is 40.3 Å². The van der Waals surface area contributed by atoms with Crippen LogP contribution >= 0.6 is 0 Å². The fourth-order valence-electron chi connectivity index (χ4n) is 1.96. The molecule has 2 heterocycles.